The molecular formula is C12H18O4. The molecule has 0 aromatic rings. The molecule has 1 saturated carbocycles. The van der Waals surface area contributed by atoms with Crippen LogP contribution in [0.25, 0.3) is 0 Å². The van der Waals surface area contributed by atoms with Gasteiger partial charge in [-0.1, -0.05) is 33.3 Å². The molecule has 2 N–H and O–H groups in total. The molecule has 90 valence electrons. The molecule has 4 nitrogen and oxygen atoms in total. The Hall–Kier alpha value is -1.32. The van der Waals surface area contributed by atoms with E-state index in [0.717, 1.165) is 19.3 Å². The standard InChI is InChI=1S/C12H18O4/c1-7-5-4-6-12(7,3)9(11(15)16)8(2)10(13)14/h7,9H,2,4-6H2,1,3H3,(H,13,14)(H,15,16). The van der Waals surface area contributed by atoms with Crippen LogP contribution in [-0.2, 0) is 9.59 Å². The minimum absolute atomic E-state index is 0.205. The van der Waals surface area contributed by atoms with Crippen molar-refractivity contribution in [3.8, 4) is 0 Å². The van der Waals surface area contributed by atoms with E-state index in [0.29, 0.717) is 0 Å². The monoisotopic (exact) mass is 226 g/mol. The number of aliphatic carboxylic acids is 2. The van der Waals surface area contributed by atoms with Gasteiger partial charge in [-0.2, -0.15) is 0 Å². The van der Waals surface area contributed by atoms with Gasteiger partial charge in [0.2, 0.25) is 0 Å². The van der Waals surface area contributed by atoms with Crippen molar-refractivity contribution >= 4 is 11.9 Å². The molecule has 3 unspecified atom stereocenters. The third kappa shape index (κ3) is 1.96. The van der Waals surface area contributed by atoms with Gasteiger partial charge in [0.05, 0.1) is 5.92 Å². The Morgan fingerprint density at radius 3 is 2.31 bits per heavy atom. The van der Waals surface area contributed by atoms with E-state index >= 15 is 0 Å². The van der Waals surface area contributed by atoms with Gasteiger partial charge in [-0.25, -0.2) is 4.79 Å². The molecule has 0 spiro atoms. The minimum atomic E-state index is -1.22. The smallest absolute Gasteiger partial charge is 0.331 e. The summed E-state index contributed by atoms with van der Waals surface area (Å²) >= 11 is 0. The van der Waals surface area contributed by atoms with Crippen LogP contribution in [0.2, 0.25) is 0 Å². The van der Waals surface area contributed by atoms with E-state index < -0.39 is 23.3 Å². The van der Waals surface area contributed by atoms with Gasteiger partial charge in [0, 0.05) is 5.57 Å². The van der Waals surface area contributed by atoms with Crippen molar-refractivity contribution in [2.24, 2.45) is 17.3 Å². The van der Waals surface area contributed by atoms with E-state index in [1.54, 1.807) is 0 Å². The molecule has 1 aliphatic rings. The Bertz CT molecular complexity index is 334. The Labute approximate surface area is 95.0 Å². The van der Waals surface area contributed by atoms with Crippen molar-refractivity contribution in [3.05, 3.63) is 12.2 Å². The lowest BCUT2D eigenvalue weighted by Crippen LogP contribution is -2.38. The van der Waals surface area contributed by atoms with Crippen molar-refractivity contribution < 1.29 is 19.8 Å². The van der Waals surface area contributed by atoms with E-state index in [-0.39, 0.29) is 11.5 Å². The summed E-state index contributed by atoms with van der Waals surface area (Å²) in [5.41, 5.74) is -0.690. The molecular weight excluding hydrogens is 208 g/mol. The van der Waals surface area contributed by atoms with E-state index in [1.165, 1.54) is 0 Å². The van der Waals surface area contributed by atoms with Gasteiger partial charge < -0.3 is 10.2 Å². The van der Waals surface area contributed by atoms with Crippen molar-refractivity contribution in [1.29, 1.82) is 0 Å². The average Bonchev–Trinajstić information content (AvgIpc) is 2.46. The molecule has 16 heavy (non-hydrogen) atoms. The van der Waals surface area contributed by atoms with Crippen LogP contribution >= 0.6 is 0 Å². The first kappa shape index (κ1) is 12.7. The second-order valence-electron chi connectivity index (χ2n) is 4.90. The van der Waals surface area contributed by atoms with Crippen LogP contribution in [0.15, 0.2) is 12.2 Å². The lowest BCUT2D eigenvalue weighted by atomic mass is 9.67. The fourth-order valence-electron chi connectivity index (χ4n) is 2.75. The number of carboxylic acid groups (broad SMARTS) is 2. The first-order valence-electron chi connectivity index (χ1n) is 5.45. The molecule has 3 atom stereocenters. The van der Waals surface area contributed by atoms with Gasteiger partial charge in [-0.05, 0) is 17.8 Å². The molecule has 1 fully saturated rings. The molecule has 1 rings (SSSR count). The average molecular weight is 226 g/mol. The van der Waals surface area contributed by atoms with E-state index in [1.807, 2.05) is 13.8 Å². The molecule has 0 heterocycles. The zero-order valence-corrected chi connectivity index (χ0v) is 9.69. The Morgan fingerprint density at radius 2 is 2.00 bits per heavy atom. The van der Waals surface area contributed by atoms with Gasteiger partial charge in [-0.3, -0.25) is 4.79 Å². The van der Waals surface area contributed by atoms with Gasteiger partial charge in [0.1, 0.15) is 0 Å². The van der Waals surface area contributed by atoms with Crippen LogP contribution in [-0.4, -0.2) is 22.2 Å². The number of carbonyl (C=O) groups is 2. The van der Waals surface area contributed by atoms with E-state index in [2.05, 4.69) is 6.58 Å². The molecule has 0 saturated heterocycles. The summed E-state index contributed by atoms with van der Waals surface area (Å²) in [7, 11) is 0. The zero-order valence-electron chi connectivity index (χ0n) is 9.69. The number of hydrogen-bond donors (Lipinski definition) is 2. The maximum absolute atomic E-state index is 11.3. The van der Waals surface area contributed by atoms with Crippen molar-refractivity contribution in [3.63, 3.8) is 0 Å². The zero-order chi connectivity index (χ0) is 12.5. The number of rotatable bonds is 4. The van der Waals surface area contributed by atoms with E-state index in [4.69, 9.17) is 5.11 Å². The number of carboxylic acids is 2. The highest BCUT2D eigenvalue weighted by atomic mass is 16.4. The second-order valence-corrected chi connectivity index (χ2v) is 4.90. The van der Waals surface area contributed by atoms with Crippen molar-refractivity contribution in [2.45, 2.75) is 33.1 Å². The Kier molecular flexibility index (Phi) is 3.41. The summed E-state index contributed by atoms with van der Waals surface area (Å²) in [5, 5.41) is 18.1. The molecule has 4 heteroatoms. The SMILES string of the molecule is C=C(C(=O)O)C(C(=O)O)C1(C)CCCC1C. The van der Waals surface area contributed by atoms with Crippen molar-refractivity contribution in [2.75, 3.05) is 0 Å². The first-order chi connectivity index (χ1) is 7.30. The quantitative estimate of drug-likeness (QED) is 0.720. The minimum Gasteiger partial charge on any atom is -0.481 e. The van der Waals surface area contributed by atoms with Gasteiger partial charge in [-0.15, -0.1) is 0 Å². The van der Waals surface area contributed by atoms with Crippen LogP contribution < -0.4 is 0 Å². The molecule has 0 amide bonds. The largest absolute Gasteiger partial charge is 0.481 e. The van der Waals surface area contributed by atoms with Crippen LogP contribution in [0.3, 0.4) is 0 Å². The lowest BCUT2D eigenvalue weighted by molar-refractivity contribution is -0.148. The van der Waals surface area contributed by atoms with Crippen LogP contribution in [0, 0.1) is 17.3 Å². The third-order valence-electron chi connectivity index (χ3n) is 4.01. The fraction of sp³-hybridized carbons (Fsp3) is 0.667. The molecule has 1 aliphatic carbocycles. The fourth-order valence-corrected chi connectivity index (χ4v) is 2.75. The second kappa shape index (κ2) is 4.28. The highest BCUT2D eigenvalue weighted by molar-refractivity contribution is 5.93. The van der Waals surface area contributed by atoms with Crippen LogP contribution in [0.4, 0.5) is 0 Å². The summed E-state index contributed by atoms with van der Waals surface area (Å²) in [6.45, 7) is 7.26. The highest BCUT2D eigenvalue weighted by Gasteiger charge is 2.48. The van der Waals surface area contributed by atoms with Crippen LogP contribution in [0.5, 0.6) is 0 Å². The Balaban J connectivity index is 3.07. The van der Waals surface area contributed by atoms with Crippen LogP contribution in [0.1, 0.15) is 33.1 Å². The number of hydrogen-bond acceptors (Lipinski definition) is 2. The van der Waals surface area contributed by atoms with Gasteiger partial charge >= 0.3 is 11.9 Å². The summed E-state index contributed by atoms with van der Waals surface area (Å²) in [6.07, 6.45) is 2.65. The van der Waals surface area contributed by atoms with Gasteiger partial charge in [0.15, 0.2) is 0 Å². The van der Waals surface area contributed by atoms with Gasteiger partial charge in [0.25, 0.3) is 0 Å². The normalized spacial score (nSPS) is 31.0. The summed E-state index contributed by atoms with van der Waals surface area (Å²) in [4.78, 5) is 22.1. The molecule has 0 radical (unpaired) electrons. The summed E-state index contributed by atoms with van der Waals surface area (Å²) in [6, 6.07) is 0. The van der Waals surface area contributed by atoms with E-state index in [9.17, 15) is 14.7 Å². The summed E-state index contributed by atoms with van der Waals surface area (Å²) in [5.74, 6) is -3.07. The third-order valence-corrected chi connectivity index (χ3v) is 4.01. The Morgan fingerprint density at radius 1 is 1.44 bits per heavy atom. The molecule has 0 bridgehead atoms. The first-order valence-corrected chi connectivity index (χ1v) is 5.45. The maximum Gasteiger partial charge on any atom is 0.331 e. The topological polar surface area (TPSA) is 74.6 Å². The predicted octanol–water partition coefficient (Wildman–Crippen LogP) is 2.15. The molecule has 0 aromatic carbocycles. The molecule has 0 aliphatic heterocycles. The molecule has 0 aromatic heterocycles. The highest BCUT2D eigenvalue weighted by Crippen LogP contribution is 2.50. The lowest BCUT2D eigenvalue weighted by Gasteiger charge is -2.35. The summed E-state index contributed by atoms with van der Waals surface area (Å²) < 4.78 is 0. The predicted molar refractivity (Wildman–Crippen MR) is 59.0 cm³/mol. The maximum atomic E-state index is 11.3. The van der Waals surface area contributed by atoms with Crippen molar-refractivity contribution in [1.82, 2.24) is 0 Å².